The Morgan fingerprint density at radius 3 is 2.73 bits per heavy atom. The van der Waals surface area contributed by atoms with Gasteiger partial charge in [-0.3, -0.25) is 4.99 Å². The molecule has 26 heavy (non-hydrogen) atoms. The van der Waals surface area contributed by atoms with E-state index >= 15 is 0 Å². The van der Waals surface area contributed by atoms with Crippen molar-refractivity contribution < 1.29 is 4.52 Å². The molecule has 0 saturated carbocycles. The predicted molar refractivity (Wildman–Crippen MR) is 103 cm³/mol. The molecule has 1 aromatic carbocycles. The number of nitrogens with one attached hydrogen (secondary N) is 1. The van der Waals surface area contributed by atoms with Crippen LogP contribution in [0.25, 0.3) is 11.4 Å². The predicted octanol–water partition coefficient (Wildman–Crippen LogP) is 3.36. The van der Waals surface area contributed by atoms with Crippen LogP contribution in [0, 0.1) is 6.92 Å². The first kappa shape index (κ1) is 18.3. The minimum Gasteiger partial charge on any atom is -0.347 e. The summed E-state index contributed by atoms with van der Waals surface area (Å²) in [7, 11) is 3.69. The normalized spacial score (nSPS) is 11.6. The van der Waals surface area contributed by atoms with E-state index in [1.54, 1.807) is 30.5 Å². The lowest BCUT2D eigenvalue weighted by atomic mass is 10.2. The van der Waals surface area contributed by atoms with Gasteiger partial charge in [0.25, 0.3) is 0 Å². The number of nitrogens with zero attached hydrogens (tertiary/aromatic N) is 5. The first-order chi connectivity index (χ1) is 12.5. The Morgan fingerprint density at radius 2 is 2.08 bits per heavy atom. The fourth-order valence-electron chi connectivity index (χ4n) is 2.38. The van der Waals surface area contributed by atoms with Gasteiger partial charge in [-0.15, -0.1) is 11.3 Å². The zero-order chi connectivity index (χ0) is 18.5. The Bertz CT molecular complexity index is 889. The molecule has 0 atom stereocenters. The Balaban J connectivity index is 1.59. The lowest BCUT2D eigenvalue weighted by Crippen LogP contribution is -2.38. The first-order valence-electron chi connectivity index (χ1n) is 7.96. The summed E-state index contributed by atoms with van der Waals surface area (Å²) < 4.78 is 5.30. The molecule has 0 aliphatic carbocycles. The molecule has 0 radical (unpaired) electrons. The van der Waals surface area contributed by atoms with E-state index in [1.807, 2.05) is 31.0 Å². The van der Waals surface area contributed by atoms with Crippen molar-refractivity contribution >= 4 is 28.9 Å². The standard InChI is InChI=1S/C17H19ClN6OS/c1-11-21-14(10-26-11)9-24(3)17(19-2)20-8-15-22-16(23-25-15)12-4-6-13(18)7-5-12/h4-7,10H,8-9H2,1-3H3,(H,19,20). The van der Waals surface area contributed by atoms with Crippen molar-refractivity contribution in [1.29, 1.82) is 0 Å². The fraction of sp³-hybridized carbons (Fsp3) is 0.294. The minimum absolute atomic E-state index is 0.383. The summed E-state index contributed by atoms with van der Waals surface area (Å²) in [6.45, 7) is 3.05. The Morgan fingerprint density at radius 1 is 1.31 bits per heavy atom. The van der Waals surface area contributed by atoms with Crippen LogP contribution in [-0.4, -0.2) is 40.1 Å². The van der Waals surface area contributed by atoms with E-state index in [9.17, 15) is 0 Å². The van der Waals surface area contributed by atoms with Crippen molar-refractivity contribution in [2.45, 2.75) is 20.0 Å². The van der Waals surface area contributed by atoms with Crippen molar-refractivity contribution in [2.75, 3.05) is 14.1 Å². The summed E-state index contributed by atoms with van der Waals surface area (Å²) in [5, 5.41) is 11.0. The molecule has 0 aliphatic rings. The van der Waals surface area contributed by atoms with E-state index in [0.29, 0.717) is 29.8 Å². The van der Waals surface area contributed by atoms with Gasteiger partial charge in [0.2, 0.25) is 11.7 Å². The maximum Gasteiger partial charge on any atom is 0.246 e. The van der Waals surface area contributed by atoms with Crippen molar-refractivity contribution in [1.82, 2.24) is 25.3 Å². The van der Waals surface area contributed by atoms with Crippen LogP contribution in [0.2, 0.25) is 5.02 Å². The van der Waals surface area contributed by atoms with Crippen molar-refractivity contribution in [2.24, 2.45) is 4.99 Å². The number of guanidine groups is 1. The number of benzene rings is 1. The van der Waals surface area contributed by atoms with Crippen molar-refractivity contribution in [3.63, 3.8) is 0 Å². The Kier molecular flexibility index (Phi) is 5.85. The molecule has 0 amide bonds. The molecule has 9 heteroatoms. The number of hydrogen-bond donors (Lipinski definition) is 1. The zero-order valence-electron chi connectivity index (χ0n) is 14.7. The van der Waals surface area contributed by atoms with E-state index in [1.165, 1.54) is 0 Å². The third kappa shape index (κ3) is 4.59. The second-order valence-corrected chi connectivity index (χ2v) is 7.13. The summed E-state index contributed by atoms with van der Waals surface area (Å²) in [4.78, 5) is 15.1. The van der Waals surface area contributed by atoms with Crippen LogP contribution in [0.1, 0.15) is 16.6 Å². The molecular formula is C17H19ClN6OS. The number of aryl methyl sites for hydroxylation is 1. The lowest BCUT2D eigenvalue weighted by Gasteiger charge is -2.20. The number of thiazole rings is 1. The largest absolute Gasteiger partial charge is 0.347 e. The molecule has 2 aromatic heterocycles. The molecule has 0 spiro atoms. The van der Waals surface area contributed by atoms with Gasteiger partial charge in [0, 0.05) is 30.1 Å². The Labute approximate surface area is 160 Å². The molecule has 2 heterocycles. The monoisotopic (exact) mass is 390 g/mol. The van der Waals surface area contributed by atoms with Crippen LogP contribution in [0.5, 0.6) is 0 Å². The molecule has 1 N–H and O–H groups in total. The number of aliphatic imine (C=N–C) groups is 1. The van der Waals surface area contributed by atoms with Crippen LogP contribution in [0.15, 0.2) is 39.2 Å². The topological polar surface area (TPSA) is 79.4 Å². The van der Waals surface area contributed by atoms with Gasteiger partial charge in [-0.2, -0.15) is 4.98 Å². The van der Waals surface area contributed by atoms with Crippen molar-refractivity contribution in [3.05, 3.63) is 51.3 Å². The zero-order valence-corrected chi connectivity index (χ0v) is 16.3. The summed E-state index contributed by atoms with van der Waals surface area (Å²) in [5.41, 5.74) is 1.87. The van der Waals surface area contributed by atoms with Gasteiger partial charge >= 0.3 is 0 Å². The quantitative estimate of drug-likeness (QED) is 0.531. The van der Waals surface area contributed by atoms with Crippen LogP contribution >= 0.6 is 22.9 Å². The van der Waals surface area contributed by atoms with Gasteiger partial charge in [-0.25, -0.2) is 4.98 Å². The highest BCUT2D eigenvalue weighted by atomic mass is 35.5. The SMILES string of the molecule is CN=C(NCc1nc(-c2ccc(Cl)cc2)no1)N(C)Cc1csc(C)n1. The number of halogens is 1. The second-order valence-electron chi connectivity index (χ2n) is 5.63. The van der Waals surface area contributed by atoms with E-state index < -0.39 is 0 Å². The van der Waals surface area contributed by atoms with Crippen LogP contribution < -0.4 is 5.32 Å². The lowest BCUT2D eigenvalue weighted by molar-refractivity contribution is 0.371. The summed E-state index contributed by atoms with van der Waals surface area (Å²) in [6.07, 6.45) is 0. The number of aromatic nitrogens is 3. The van der Waals surface area contributed by atoms with Gasteiger partial charge in [-0.05, 0) is 31.2 Å². The number of rotatable bonds is 5. The van der Waals surface area contributed by atoms with E-state index in [0.717, 1.165) is 22.2 Å². The smallest absolute Gasteiger partial charge is 0.246 e. The van der Waals surface area contributed by atoms with Crippen LogP contribution in [-0.2, 0) is 13.1 Å². The van der Waals surface area contributed by atoms with Crippen molar-refractivity contribution in [3.8, 4) is 11.4 Å². The van der Waals surface area contributed by atoms with Gasteiger partial charge in [0.1, 0.15) is 0 Å². The van der Waals surface area contributed by atoms with E-state index in [-0.39, 0.29) is 0 Å². The Hall–Kier alpha value is -2.45. The molecule has 3 aromatic rings. The second kappa shape index (κ2) is 8.29. The summed E-state index contributed by atoms with van der Waals surface area (Å²) in [5.74, 6) is 1.73. The third-order valence-corrected chi connectivity index (χ3v) is 4.68. The maximum atomic E-state index is 5.90. The third-order valence-electron chi connectivity index (χ3n) is 3.61. The molecule has 3 rings (SSSR count). The molecular weight excluding hydrogens is 372 g/mol. The van der Waals surface area contributed by atoms with E-state index in [2.05, 4.69) is 30.8 Å². The van der Waals surface area contributed by atoms with Gasteiger partial charge in [0.15, 0.2) is 5.96 Å². The van der Waals surface area contributed by atoms with Crippen LogP contribution in [0.4, 0.5) is 0 Å². The van der Waals surface area contributed by atoms with Crippen LogP contribution in [0.3, 0.4) is 0 Å². The highest BCUT2D eigenvalue weighted by Gasteiger charge is 2.12. The molecule has 0 fully saturated rings. The fourth-order valence-corrected chi connectivity index (χ4v) is 3.11. The van der Waals surface area contributed by atoms with Gasteiger partial charge in [-0.1, -0.05) is 16.8 Å². The highest BCUT2D eigenvalue weighted by Crippen LogP contribution is 2.18. The average molecular weight is 391 g/mol. The average Bonchev–Trinajstić information content (AvgIpc) is 3.25. The molecule has 0 unspecified atom stereocenters. The highest BCUT2D eigenvalue weighted by molar-refractivity contribution is 7.09. The van der Waals surface area contributed by atoms with Gasteiger partial charge in [0.05, 0.1) is 23.8 Å². The molecule has 136 valence electrons. The number of hydrogen-bond acceptors (Lipinski definition) is 6. The molecule has 7 nitrogen and oxygen atoms in total. The molecule has 0 bridgehead atoms. The first-order valence-corrected chi connectivity index (χ1v) is 9.22. The minimum atomic E-state index is 0.383. The van der Waals surface area contributed by atoms with Gasteiger partial charge < -0.3 is 14.7 Å². The molecule has 0 saturated heterocycles. The van der Waals surface area contributed by atoms with E-state index in [4.69, 9.17) is 16.1 Å². The summed E-state index contributed by atoms with van der Waals surface area (Å²) >= 11 is 7.54. The summed E-state index contributed by atoms with van der Waals surface area (Å²) in [6, 6.07) is 7.30. The molecule has 0 aliphatic heterocycles. The maximum absolute atomic E-state index is 5.90.